The third-order valence-corrected chi connectivity index (χ3v) is 8.64. The van der Waals surface area contributed by atoms with Crippen molar-refractivity contribution < 1.29 is 32.3 Å². The average Bonchev–Trinajstić information content (AvgIpc) is 3.81. The minimum atomic E-state index is -4.52. The van der Waals surface area contributed by atoms with E-state index in [0.717, 1.165) is 43.7 Å². The van der Waals surface area contributed by atoms with Crippen molar-refractivity contribution in [2.24, 2.45) is 5.92 Å². The van der Waals surface area contributed by atoms with Gasteiger partial charge in [-0.3, -0.25) is 14.6 Å². The van der Waals surface area contributed by atoms with Crippen molar-refractivity contribution in [3.8, 4) is 0 Å². The monoisotopic (exact) mass is 645 g/mol. The van der Waals surface area contributed by atoms with E-state index < -0.39 is 23.5 Å². The number of hydrogen-bond acceptors (Lipinski definition) is 8. The normalized spacial score (nSPS) is 18.1. The largest absolute Gasteiger partial charge is 0.528 e. The number of nitrogens with one attached hydrogen (secondary N) is 1. The molecule has 0 aromatic heterocycles. The number of hydroxylamine groups is 2. The highest BCUT2D eigenvalue weighted by atomic mass is 19.4. The van der Waals surface area contributed by atoms with Crippen molar-refractivity contribution in [1.29, 1.82) is 0 Å². The van der Waals surface area contributed by atoms with Crippen LogP contribution in [0.15, 0.2) is 42.5 Å². The zero-order valence-electron chi connectivity index (χ0n) is 27.1. The van der Waals surface area contributed by atoms with E-state index in [1.54, 1.807) is 31.9 Å². The van der Waals surface area contributed by atoms with Crippen LogP contribution in [0.5, 0.6) is 0 Å². The van der Waals surface area contributed by atoms with Gasteiger partial charge in [-0.05, 0) is 74.8 Å². The van der Waals surface area contributed by atoms with Crippen LogP contribution in [0.3, 0.4) is 0 Å². The number of benzene rings is 2. The Morgan fingerprint density at radius 2 is 1.70 bits per heavy atom. The van der Waals surface area contributed by atoms with Crippen molar-refractivity contribution in [3.63, 3.8) is 0 Å². The molecule has 12 heteroatoms. The predicted octanol–water partition coefficient (Wildman–Crippen LogP) is 5.40. The van der Waals surface area contributed by atoms with Crippen LogP contribution in [0, 0.1) is 5.92 Å². The van der Waals surface area contributed by atoms with Crippen molar-refractivity contribution in [2.45, 2.75) is 64.9 Å². The molecule has 1 N–H and O–H groups in total. The van der Waals surface area contributed by atoms with E-state index in [4.69, 9.17) is 9.57 Å². The first kappa shape index (κ1) is 34.0. The molecule has 2 aromatic rings. The Kier molecular flexibility index (Phi) is 10.8. The molecule has 2 aliphatic heterocycles. The van der Waals surface area contributed by atoms with Crippen molar-refractivity contribution in [1.82, 2.24) is 19.8 Å². The Balaban J connectivity index is 1.21. The number of carbonyl (C=O) groups is 2. The number of nitrogens with zero attached hydrogens (tertiary/aromatic N) is 4. The van der Waals surface area contributed by atoms with Gasteiger partial charge < -0.3 is 19.8 Å². The van der Waals surface area contributed by atoms with E-state index in [-0.39, 0.29) is 31.1 Å². The van der Waals surface area contributed by atoms with Crippen LogP contribution >= 0.6 is 0 Å². The first-order chi connectivity index (χ1) is 21.8. The number of halogens is 3. The van der Waals surface area contributed by atoms with Crippen LogP contribution in [0.2, 0.25) is 0 Å². The zero-order valence-corrected chi connectivity index (χ0v) is 27.1. The van der Waals surface area contributed by atoms with E-state index in [2.05, 4.69) is 21.2 Å². The third kappa shape index (κ3) is 9.83. The SMILES string of the molecule is CC(C)(C)OC(=O)ON1CCN(CCN(Cc2ccccc2C(F)(F)F)C(=O)CNc2cccc3c2CCN(CC2CC2)C3)CC1. The van der Waals surface area contributed by atoms with E-state index >= 15 is 0 Å². The number of hydrogen-bond donors (Lipinski definition) is 1. The minimum Gasteiger partial charge on any atom is -0.427 e. The van der Waals surface area contributed by atoms with E-state index in [1.807, 2.05) is 12.1 Å². The van der Waals surface area contributed by atoms with Gasteiger partial charge in [-0.15, -0.1) is 5.06 Å². The molecule has 1 aliphatic carbocycles. The molecule has 0 spiro atoms. The van der Waals surface area contributed by atoms with Crippen molar-refractivity contribution in [2.75, 3.05) is 64.2 Å². The number of alkyl halides is 3. The third-order valence-electron chi connectivity index (χ3n) is 8.64. The maximum Gasteiger partial charge on any atom is 0.528 e. The Labute approximate surface area is 269 Å². The van der Waals surface area contributed by atoms with Crippen LogP contribution in [-0.2, 0) is 40.1 Å². The molecule has 1 saturated carbocycles. The van der Waals surface area contributed by atoms with Crippen LogP contribution < -0.4 is 5.32 Å². The van der Waals surface area contributed by atoms with Crippen LogP contribution in [0.1, 0.15) is 55.9 Å². The standard InChI is InChI=1S/C34H46F3N5O4/c1-33(2,3)45-32(44)46-42-19-16-39(17-20-42)15-18-41(24-27-7-4-5-9-29(27)34(35,36)37)31(43)21-38-30-10-6-8-26-23-40(14-13-28(26)30)22-25-11-12-25/h4-10,25,38H,11-24H2,1-3H3. The minimum absolute atomic E-state index is 0.0199. The van der Waals surface area contributed by atoms with Gasteiger partial charge in [0.1, 0.15) is 5.60 Å². The summed E-state index contributed by atoms with van der Waals surface area (Å²) in [6.45, 7) is 10.9. The lowest BCUT2D eigenvalue weighted by atomic mass is 9.97. The van der Waals surface area contributed by atoms with Gasteiger partial charge in [-0.25, -0.2) is 4.79 Å². The number of carbonyl (C=O) groups excluding carboxylic acids is 2. The second-order valence-electron chi connectivity index (χ2n) is 13.5. The summed E-state index contributed by atoms with van der Waals surface area (Å²) in [7, 11) is 0. The van der Waals surface area contributed by atoms with E-state index in [1.165, 1.54) is 41.0 Å². The van der Waals surface area contributed by atoms with Gasteiger partial charge in [0.05, 0.1) is 12.1 Å². The fourth-order valence-corrected chi connectivity index (χ4v) is 6.05. The summed E-state index contributed by atoms with van der Waals surface area (Å²) in [4.78, 5) is 37.1. The average molecular weight is 646 g/mol. The van der Waals surface area contributed by atoms with Gasteiger partial charge in [-0.1, -0.05) is 30.3 Å². The number of fused-ring (bicyclic) bond motifs is 1. The Morgan fingerprint density at radius 3 is 2.39 bits per heavy atom. The van der Waals surface area contributed by atoms with Gasteiger partial charge in [0.2, 0.25) is 5.91 Å². The first-order valence-corrected chi connectivity index (χ1v) is 16.2. The molecule has 46 heavy (non-hydrogen) atoms. The lowest BCUT2D eigenvalue weighted by Gasteiger charge is -2.35. The summed E-state index contributed by atoms with van der Waals surface area (Å²) in [6.07, 6.45) is -1.76. The van der Waals surface area contributed by atoms with Crippen LogP contribution in [-0.4, -0.2) is 96.3 Å². The first-order valence-electron chi connectivity index (χ1n) is 16.2. The summed E-state index contributed by atoms with van der Waals surface area (Å²) in [5.41, 5.74) is 2.05. The number of piperazine rings is 1. The van der Waals surface area contributed by atoms with Crippen LogP contribution in [0.4, 0.5) is 23.7 Å². The molecule has 252 valence electrons. The number of amides is 1. The summed E-state index contributed by atoms with van der Waals surface area (Å²) < 4.78 is 46.8. The molecule has 2 heterocycles. The van der Waals surface area contributed by atoms with Gasteiger partial charge in [0.25, 0.3) is 0 Å². The number of ether oxygens (including phenoxy) is 1. The molecule has 2 aromatic carbocycles. The molecule has 0 unspecified atom stereocenters. The molecule has 3 aliphatic rings. The Morgan fingerprint density at radius 1 is 0.957 bits per heavy atom. The highest BCUT2D eigenvalue weighted by Gasteiger charge is 2.34. The van der Waals surface area contributed by atoms with Crippen molar-refractivity contribution >= 4 is 17.7 Å². The number of anilines is 1. The zero-order chi connectivity index (χ0) is 32.9. The summed E-state index contributed by atoms with van der Waals surface area (Å²) in [5, 5.41) is 4.86. The molecule has 0 radical (unpaired) electrons. The van der Waals surface area contributed by atoms with E-state index in [0.29, 0.717) is 32.7 Å². The Hall–Kier alpha value is -3.35. The molecule has 2 fully saturated rings. The maximum atomic E-state index is 13.8. The quantitative estimate of drug-likeness (QED) is 0.326. The van der Waals surface area contributed by atoms with Crippen LogP contribution in [0.25, 0.3) is 0 Å². The highest BCUT2D eigenvalue weighted by Crippen LogP contribution is 2.34. The molecule has 1 amide bonds. The molecular weight excluding hydrogens is 599 g/mol. The molecular formula is C34H46F3N5O4. The fraction of sp³-hybridized carbons (Fsp3) is 0.588. The number of rotatable bonds is 11. The topological polar surface area (TPSA) is 77.6 Å². The van der Waals surface area contributed by atoms with Gasteiger partial charge >= 0.3 is 12.3 Å². The summed E-state index contributed by atoms with van der Waals surface area (Å²) in [6, 6.07) is 11.5. The Bertz CT molecular complexity index is 1350. The molecule has 9 nitrogen and oxygen atoms in total. The smallest absolute Gasteiger partial charge is 0.427 e. The fourth-order valence-electron chi connectivity index (χ4n) is 6.05. The second kappa shape index (κ2) is 14.6. The highest BCUT2D eigenvalue weighted by molar-refractivity contribution is 5.81. The predicted molar refractivity (Wildman–Crippen MR) is 169 cm³/mol. The van der Waals surface area contributed by atoms with Gasteiger partial charge in [0.15, 0.2) is 0 Å². The lowest BCUT2D eigenvalue weighted by Crippen LogP contribution is -2.50. The summed E-state index contributed by atoms with van der Waals surface area (Å²) in [5.74, 6) is 0.552. The summed E-state index contributed by atoms with van der Waals surface area (Å²) >= 11 is 0. The molecule has 0 bridgehead atoms. The lowest BCUT2D eigenvalue weighted by molar-refractivity contribution is -0.158. The van der Waals surface area contributed by atoms with E-state index in [9.17, 15) is 22.8 Å². The van der Waals surface area contributed by atoms with Gasteiger partial charge in [-0.2, -0.15) is 13.2 Å². The molecule has 5 rings (SSSR count). The molecule has 1 saturated heterocycles. The maximum absolute atomic E-state index is 13.8. The molecule has 0 atom stereocenters. The second-order valence-corrected chi connectivity index (χ2v) is 13.5. The van der Waals surface area contributed by atoms with Crippen molar-refractivity contribution in [3.05, 3.63) is 64.7 Å². The van der Waals surface area contributed by atoms with Gasteiger partial charge in [0, 0.05) is 71.1 Å².